The molecule has 2 rings (SSSR count). The average molecular weight is 244 g/mol. The molecule has 2 aromatic rings. The van der Waals surface area contributed by atoms with Gasteiger partial charge in [-0.05, 0) is 22.9 Å². The lowest BCUT2D eigenvalue weighted by molar-refractivity contribution is -0.119. The van der Waals surface area contributed by atoms with Crippen LogP contribution in [0.25, 0.3) is 10.8 Å². The third-order valence-electron chi connectivity index (χ3n) is 2.60. The van der Waals surface area contributed by atoms with Crippen LogP contribution in [0.4, 0.5) is 0 Å². The first-order chi connectivity index (χ1) is 8.79. The molecule has 0 atom stereocenters. The van der Waals surface area contributed by atoms with Crippen LogP contribution in [0.2, 0.25) is 0 Å². The van der Waals surface area contributed by atoms with Gasteiger partial charge in [-0.3, -0.25) is 4.79 Å². The van der Waals surface area contributed by atoms with E-state index >= 15 is 0 Å². The molecule has 0 aliphatic carbocycles. The predicted octanol–water partition coefficient (Wildman–Crippen LogP) is 1.29. The van der Waals surface area contributed by atoms with E-state index < -0.39 is 0 Å². The Labute approximate surface area is 106 Å². The molecule has 0 spiro atoms. The monoisotopic (exact) mass is 244 g/mol. The van der Waals surface area contributed by atoms with Gasteiger partial charge in [0.25, 0.3) is 0 Å². The lowest BCUT2D eigenvalue weighted by Gasteiger charge is -2.08. The van der Waals surface area contributed by atoms with E-state index in [-0.39, 0.29) is 12.5 Å². The summed E-state index contributed by atoms with van der Waals surface area (Å²) in [6.07, 6.45) is 0. The van der Waals surface area contributed by atoms with Gasteiger partial charge in [0.1, 0.15) is 12.4 Å². The molecule has 0 heterocycles. The van der Waals surface area contributed by atoms with Gasteiger partial charge in [-0.2, -0.15) is 0 Å². The fourth-order valence-corrected chi connectivity index (χ4v) is 1.69. The van der Waals surface area contributed by atoms with Gasteiger partial charge in [-0.25, -0.2) is 0 Å². The lowest BCUT2D eigenvalue weighted by Crippen LogP contribution is -2.33. The zero-order valence-corrected chi connectivity index (χ0v) is 10.1. The normalized spacial score (nSPS) is 10.3. The van der Waals surface area contributed by atoms with Crippen molar-refractivity contribution in [3.05, 3.63) is 42.5 Å². The van der Waals surface area contributed by atoms with Crippen molar-refractivity contribution in [2.45, 2.75) is 0 Å². The topological polar surface area (TPSA) is 64.4 Å². The van der Waals surface area contributed by atoms with E-state index in [1.54, 1.807) is 0 Å². The second kappa shape index (κ2) is 6.02. The highest BCUT2D eigenvalue weighted by Crippen LogP contribution is 2.20. The van der Waals surface area contributed by atoms with Crippen LogP contribution in [-0.4, -0.2) is 25.6 Å². The van der Waals surface area contributed by atoms with Crippen molar-refractivity contribution in [2.24, 2.45) is 5.73 Å². The van der Waals surface area contributed by atoms with E-state index in [9.17, 15) is 4.79 Å². The van der Waals surface area contributed by atoms with Crippen molar-refractivity contribution in [3.63, 3.8) is 0 Å². The molecular formula is C14H16N2O2. The number of carbonyl (C=O) groups is 1. The second-order valence-corrected chi connectivity index (χ2v) is 3.91. The first kappa shape index (κ1) is 12.4. The molecule has 0 saturated carbocycles. The molecule has 1 amide bonds. The van der Waals surface area contributed by atoms with E-state index in [2.05, 4.69) is 11.4 Å². The largest absolute Gasteiger partial charge is 0.492 e. The van der Waals surface area contributed by atoms with E-state index in [4.69, 9.17) is 10.5 Å². The maximum Gasteiger partial charge on any atom is 0.233 e. The fraction of sp³-hybridized carbons (Fsp3) is 0.214. The third kappa shape index (κ3) is 3.21. The van der Waals surface area contributed by atoms with Crippen molar-refractivity contribution in [1.29, 1.82) is 0 Å². The molecule has 0 unspecified atom stereocenters. The number of nitrogens with two attached hydrogens (primary N) is 1. The highest BCUT2D eigenvalue weighted by Gasteiger charge is 1.98. The second-order valence-electron chi connectivity index (χ2n) is 3.91. The van der Waals surface area contributed by atoms with Gasteiger partial charge in [0.15, 0.2) is 0 Å². The third-order valence-corrected chi connectivity index (χ3v) is 2.60. The Bertz CT molecular complexity index is 540. The quantitative estimate of drug-likeness (QED) is 0.779. The Kier molecular flexibility index (Phi) is 4.15. The Hall–Kier alpha value is -2.07. The summed E-state index contributed by atoms with van der Waals surface area (Å²) in [5.41, 5.74) is 5.17. The number of benzene rings is 2. The van der Waals surface area contributed by atoms with Gasteiger partial charge in [0.05, 0.1) is 13.1 Å². The summed E-state index contributed by atoms with van der Waals surface area (Å²) in [5.74, 6) is 0.632. The SMILES string of the molecule is NCC(=O)NCCOc1ccc2ccccc2c1. The summed E-state index contributed by atoms with van der Waals surface area (Å²) >= 11 is 0. The Balaban J connectivity index is 1.90. The first-order valence-electron chi connectivity index (χ1n) is 5.88. The molecule has 4 nitrogen and oxygen atoms in total. The maximum atomic E-state index is 10.9. The van der Waals surface area contributed by atoms with Crippen LogP contribution in [0.3, 0.4) is 0 Å². The van der Waals surface area contributed by atoms with Gasteiger partial charge in [-0.1, -0.05) is 30.3 Å². The van der Waals surface area contributed by atoms with Crippen molar-refractivity contribution < 1.29 is 9.53 Å². The maximum absolute atomic E-state index is 10.9. The fourth-order valence-electron chi connectivity index (χ4n) is 1.69. The minimum absolute atomic E-state index is 0.00990. The number of nitrogens with one attached hydrogen (secondary N) is 1. The zero-order valence-electron chi connectivity index (χ0n) is 10.1. The van der Waals surface area contributed by atoms with Crippen LogP contribution in [0.5, 0.6) is 5.75 Å². The summed E-state index contributed by atoms with van der Waals surface area (Å²) in [6, 6.07) is 14.0. The van der Waals surface area contributed by atoms with E-state index in [0.29, 0.717) is 13.2 Å². The zero-order chi connectivity index (χ0) is 12.8. The van der Waals surface area contributed by atoms with Gasteiger partial charge < -0.3 is 15.8 Å². The van der Waals surface area contributed by atoms with Crippen LogP contribution >= 0.6 is 0 Å². The Morgan fingerprint density at radius 1 is 1.17 bits per heavy atom. The van der Waals surface area contributed by atoms with Crippen molar-refractivity contribution in [1.82, 2.24) is 5.32 Å². The number of hydrogen-bond donors (Lipinski definition) is 2. The number of hydrogen-bond acceptors (Lipinski definition) is 3. The molecule has 0 aliphatic heterocycles. The summed E-state index contributed by atoms with van der Waals surface area (Å²) in [4.78, 5) is 10.9. The Morgan fingerprint density at radius 2 is 1.94 bits per heavy atom. The molecule has 2 aromatic carbocycles. The van der Waals surface area contributed by atoms with Gasteiger partial charge >= 0.3 is 0 Å². The van der Waals surface area contributed by atoms with Crippen LogP contribution in [0.15, 0.2) is 42.5 Å². The minimum atomic E-state index is -0.169. The molecule has 0 aromatic heterocycles. The molecule has 3 N–H and O–H groups in total. The molecule has 4 heteroatoms. The van der Waals surface area contributed by atoms with Crippen molar-refractivity contribution >= 4 is 16.7 Å². The molecular weight excluding hydrogens is 228 g/mol. The minimum Gasteiger partial charge on any atom is -0.492 e. The predicted molar refractivity (Wildman–Crippen MR) is 71.5 cm³/mol. The van der Waals surface area contributed by atoms with E-state index in [0.717, 1.165) is 11.1 Å². The van der Waals surface area contributed by atoms with Crippen LogP contribution in [0.1, 0.15) is 0 Å². The van der Waals surface area contributed by atoms with E-state index in [1.165, 1.54) is 5.39 Å². The number of carbonyl (C=O) groups excluding carboxylic acids is 1. The lowest BCUT2D eigenvalue weighted by atomic mass is 10.1. The van der Waals surface area contributed by atoms with Gasteiger partial charge in [0.2, 0.25) is 5.91 Å². The van der Waals surface area contributed by atoms with Crippen LogP contribution in [-0.2, 0) is 4.79 Å². The van der Waals surface area contributed by atoms with Crippen LogP contribution < -0.4 is 15.8 Å². The number of fused-ring (bicyclic) bond motifs is 1. The Morgan fingerprint density at radius 3 is 2.72 bits per heavy atom. The summed E-state index contributed by atoms with van der Waals surface area (Å²) in [5, 5.41) is 4.97. The molecule has 0 radical (unpaired) electrons. The number of ether oxygens (including phenoxy) is 1. The molecule has 0 fully saturated rings. The highest BCUT2D eigenvalue weighted by molar-refractivity contribution is 5.83. The highest BCUT2D eigenvalue weighted by atomic mass is 16.5. The van der Waals surface area contributed by atoms with Gasteiger partial charge in [0, 0.05) is 0 Å². The number of amides is 1. The number of rotatable bonds is 5. The summed E-state index contributed by atoms with van der Waals surface area (Å²) in [7, 11) is 0. The first-order valence-corrected chi connectivity index (χ1v) is 5.88. The summed E-state index contributed by atoms with van der Waals surface area (Å²) < 4.78 is 5.55. The van der Waals surface area contributed by atoms with Crippen LogP contribution in [0, 0.1) is 0 Å². The van der Waals surface area contributed by atoms with E-state index in [1.807, 2.05) is 36.4 Å². The average Bonchev–Trinajstić information content (AvgIpc) is 2.43. The van der Waals surface area contributed by atoms with Crippen molar-refractivity contribution in [3.8, 4) is 5.75 Å². The molecule has 0 saturated heterocycles. The standard InChI is InChI=1S/C14H16N2O2/c15-10-14(17)16-7-8-18-13-6-5-11-3-1-2-4-12(11)9-13/h1-6,9H,7-8,10,15H2,(H,16,17). The molecule has 0 aliphatic rings. The van der Waals surface area contributed by atoms with Gasteiger partial charge in [-0.15, -0.1) is 0 Å². The molecule has 18 heavy (non-hydrogen) atoms. The van der Waals surface area contributed by atoms with Crippen molar-refractivity contribution in [2.75, 3.05) is 19.7 Å². The smallest absolute Gasteiger partial charge is 0.233 e. The molecule has 94 valence electrons. The molecule has 0 bridgehead atoms. The summed E-state index contributed by atoms with van der Waals surface area (Å²) in [6.45, 7) is 0.906.